The molecule has 3 aliphatic rings. The summed E-state index contributed by atoms with van der Waals surface area (Å²) in [5.74, 6) is 1.47. The van der Waals surface area contributed by atoms with Crippen LogP contribution in [-0.4, -0.2) is 33.1 Å². The minimum atomic E-state index is -0.670. The van der Waals surface area contributed by atoms with Crippen molar-refractivity contribution in [3.05, 3.63) is 47.6 Å². The van der Waals surface area contributed by atoms with Gasteiger partial charge in [0.05, 0.1) is 17.8 Å². The van der Waals surface area contributed by atoms with Crippen LogP contribution in [0, 0.1) is 23.2 Å². The normalized spacial score (nSPS) is 39.1. The molecule has 0 radical (unpaired) electrons. The predicted octanol–water partition coefficient (Wildman–Crippen LogP) is 5.48. The lowest BCUT2D eigenvalue weighted by Crippen LogP contribution is -2.33. The van der Waals surface area contributed by atoms with Crippen LogP contribution in [0.15, 0.2) is 47.6 Å². The van der Waals surface area contributed by atoms with Gasteiger partial charge in [0, 0.05) is 12.3 Å². The van der Waals surface area contributed by atoms with Crippen LogP contribution in [0.4, 0.5) is 0 Å². The lowest BCUT2D eigenvalue weighted by atomic mass is 9.63. The van der Waals surface area contributed by atoms with Crippen molar-refractivity contribution in [2.75, 3.05) is 0 Å². The summed E-state index contributed by atoms with van der Waals surface area (Å²) in [7, 11) is 0. The summed E-state index contributed by atoms with van der Waals surface area (Å²) in [4.78, 5) is 0. The van der Waals surface area contributed by atoms with Crippen molar-refractivity contribution in [1.82, 2.24) is 0 Å². The van der Waals surface area contributed by atoms with Gasteiger partial charge in [-0.3, -0.25) is 0 Å². The van der Waals surface area contributed by atoms with Gasteiger partial charge in [-0.25, -0.2) is 0 Å². The van der Waals surface area contributed by atoms with Crippen molar-refractivity contribution in [1.29, 1.82) is 0 Å². The first-order valence-electron chi connectivity index (χ1n) is 11.9. The van der Waals surface area contributed by atoms with Crippen molar-refractivity contribution >= 4 is 0 Å². The van der Waals surface area contributed by atoms with E-state index in [0.717, 1.165) is 24.0 Å². The van der Waals surface area contributed by atoms with Gasteiger partial charge >= 0.3 is 0 Å². The molecule has 3 rings (SSSR count). The van der Waals surface area contributed by atoms with E-state index in [1.165, 1.54) is 31.3 Å². The van der Waals surface area contributed by atoms with Crippen LogP contribution in [0.2, 0.25) is 0 Å². The van der Waals surface area contributed by atoms with E-state index in [4.69, 9.17) is 0 Å². The standard InChI is InChI=1S/C27H42O3/c1-18(26(3,4)30)8-6-10-22-13-14-24-20(9-7-15-27(22,24)5)11-12-21-16-23(28)17-25(29)19(21)2/h6,8,11-12,18,22-25,28-30H,2,7,9-10,13-17H2,1,3-5H3/b8-6+,20-11+,21-12-/t18?,22?,23-,24?,25?,27?/m1/s1. The SMILES string of the molecule is C=C1/C(=C\C=C2/CCCC3(C)C(C/C=C/C(C)C(C)(C)O)CCC23)C[C@@H](O)CC1O. The highest BCUT2D eigenvalue weighted by molar-refractivity contribution is 5.38. The molecular weight excluding hydrogens is 372 g/mol. The third kappa shape index (κ3) is 5.00. The first-order chi connectivity index (χ1) is 14.0. The average molecular weight is 415 g/mol. The molecule has 3 fully saturated rings. The number of hydrogen-bond donors (Lipinski definition) is 3. The van der Waals surface area contributed by atoms with Crippen LogP contribution in [0.3, 0.4) is 0 Å². The van der Waals surface area contributed by atoms with Crippen LogP contribution in [0.25, 0.3) is 0 Å². The summed E-state index contributed by atoms with van der Waals surface area (Å²) in [6, 6.07) is 0. The Morgan fingerprint density at radius 2 is 1.97 bits per heavy atom. The highest BCUT2D eigenvalue weighted by atomic mass is 16.3. The lowest BCUT2D eigenvalue weighted by molar-refractivity contribution is 0.0439. The first kappa shape index (κ1) is 23.5. The molecule has 0 spiro atoms. The van der Waals surface area contributed by atoms with Crippen LogP contribution in [0.1, 0.15) is 79.1 Å². The summed E-state index contributed by atoms with van der Waals surface area (Å²) in [6.07, 6.45) is 16.1. The van der Waals surface area contributed by atoms with Gasteiger partial charge in [0.1, 0.15) is 0 Å². The molecular formula is C27H42O3. The third-order valence-corrected chi connectivity index (χ3v) is 8.38. The fourth-order valence-electron chi connectivity index (χ4n) is 5.88. The molecule has 30 heavy (non-hydrogen) atoms. The van der Waals surface area contributed by atoms with Crippen molar-refractivity contribution in [3.8, 4) is 0 Å². The fourth-order valence-corrected chi connectivity index (χ4v) is 5.88. The number of fused-ring (bicyclic) bond motifs is 1. The maximum atomic E-state index is 10.2. The van der Waals surface area contributed by atoms with Gasteiger partial charge in [0.2, 0.25) is 0 Å². The summed E-state index contributed by atoms with van der Waals surface area (Å²) in [5, 5.41) is 30.3. The van der Waals surface area contributed by atoms with Gasteiger partial charge in [-0.2, -0.15) is 0 Å². The number of hydrogen-bond acceptors (Lipinski definition) is 3. The van der Waals surface area contributed by atoms with Crippen LogP contribution >= 0.6 is 0 Å². The van der Waals surface area contributed by atoms with Crippen molar-refractivity contribution in [2.24, 2.45) is 23.2 Å². The highest BCUT2D eigenvalue weighted by Gasteiger charge is 2.48. The monoisotopic (exact) mass is 414 g/mol. The van der Waals surface area contributed by atoms with E-state index in [1.54, 1.807) is 0 Å². The number of aliphatic hydroxyl groups excluding tert-OH is 2. The van der Waals surface area contributed by atoms with Gasteiger partial charge in [-0.05, 0) is 87.2 Å². The molecule has 3 saturated carbocycles. The Hall–Kier alpha value is -1.16. The highest BCUT2D eigenvalue weighted by Crippen LogP contribution is 2.58. The molecule has 0 aromatic carbocycles. The maximum absolute atomic E-state index is 10.2. The molecule has 6 atom stereocenters. The van der Waals surface area contributed by atoms with E-state index in [-0.39, 0.29) is 5.92 Å². The minimum absolute atomic E-state index is 0.158. The largest absolute Gasteiger partial charge is 0.393 e. The van der Waals surface area contributed by atoms with Gasteiger partial charge in [-0.15, -0.1) is 0 Å². The molecule has 0 heterocycles. The Kier molecular flexibility index (Phi) is 7.16. The van der Waals surface area contributed by atoms with Gasteiger partial charge in [-0.1, -0.05) is 50.3 Å². The molecule has 0 amide bonds. The summed E-state index contributed by atoms with van der Waals surface area (Å²) in [5.41, 5.74) is 2.98. The van der Waals surface area contributed by atoms with E-state index >= 15 is 0 Å². The van der Waals surface area contributed by atoms with Crippen LogP contribution < -0.4 is 0 Å². The molecule has 3 aliphatic carbocycles. The van der Waals surface area contributed by atoms with E-state index < -0.39 is 17.8 Å². The number of rotatable bonds is 5. The maximum Gasteiger partial charge on any atom is 0.0811 e. The molecule has 3 N–H and O–H groups in total. The zero-order valence-corrected chi connectivity index (χ0v) is 19.4. The number of aliphatic hydroxyl groups is 3. The van der Waals surface area contributed by atoms with Crippen molar-refractivity contribution < 1.29 is 15.3 Å². The van der Waals surface area contributed by atoms with Gasteiger partial charge in [0.15, 0.2) is 0 Å². The van der Waals surface area contributed by atoms with Gasteiger partial charge < -0.3 is 15.3 Å². The average Bonchev–Trinajstić information content (AvgIpc) is 2.99. The third-order valence-electron chi connectivity index (χ3n) is 8.38. The lowest BCUT2D eigenvalue weighted by Gasteiger charge is -2.42. The fraction of sp³-hybridized carbons (Fsp3) is 0.704. The van der Waals surface area contributed by atoms with Gasteiger partial charge in [0.25, 0.3) is 0 Å². The summed E-state index contributed by atoms with van der Waals surface area (Å²) in [6.45, 7) is 12.4. The molecule has 5 unspecified atom stereocenters. The summed E-state index contributed by atoms with van der Waals surface area (Å²) >= 11 is 0. The molecule has 0 bridgehead atoms. The zero-order chi connectivity index (χ0) is 22.1. The van der Waals surface area contributed by atoms with E-state index in [1.807, 2.05) is 13.8 Å². The molecule has 0 aromatic rings. The molecule has 168 valence electrons. The molecule has 3 heteroatoms. The van der Waals surface area contributed by atoms with E-state index in [2.05, 4.69) is 44.7 Å². The topological polar surface area (TPSA) is 60.7 Å². The Labute approximate surface area is 183 Å². The summed E-state index contributed by atoms with van der Waals surface area (Å²) < 4.78 is 0. The molecule has 0 saturated heterocycles. The second-order valence-corrected chi connectivity index (χ2v) is 10.9. The van der Waals surface area contributed by atoms with Crippen molar-refractivity contribution in [3.63, 3.8) is 0 Å². The van der Waals surface area contributed by atoms with Crippen molar-refractivity contribution in [2.45, 2.75) is 96.9 Å². The van der Waals surface area contributed by atoms with Crippen LogP contribution in [0.5, 0.6) is 0 Å². The zero-order valence-electron chi connectivity index (χ0n) is 19.4. The number of allylic oxidation sites excluding steroid dienone is 4. The Morgan fingerprint density at radius 1 is 1.23 bits per heavy atom. The predicted molar refractivity (Wildman–Crippen MR) is 124 cm³/mol. The molecule has 0 aromatic heterocycles. The Morgan fingerprint density at radius 3 is 2.67 bits per heavy atom. The molecule has 0 aliphatic heterocycles. The smallest absolute Gasteiger partial charge is 0.0811 e. The van der Waals surface area contributed by atoms with Crippen LogP contribution in [-0.2, 0) is 0 Å². The van der Waals surface area contributed by atoms with E-state index in [9.17, 15) is 15.3 Å². The Bertz CT molecular complexity index is 723. The quantitative estimate of drug-likeness (QED) is 0.522. The first-order valence-corrected chi connectivity index (χ1v) is 11.9. The minimum Gasteiger partial charge on any atom is -0.393 e. The second kappa shape index (κ2) is 9.14. The van der Waals surface area contributed by atoms with E-state index in [0.29, 0.717) is 30.1 Å². The second-order valence-electron chi connectivity index (χ2n) is 10.9. The Balaban J connectivity index is 1.71. The molecule has 3 nitrogen and oxygen atoms in total.